The fourth-order valence-corrected chi connectivity index (χ4v) is 4.59. The lowest BCUT2D eigenvalue weighted by Gasteiger charge is -2.34. The van der Waals surface area contributed by atoms with E-state index in [0.717, 1.165) is 45.6 Å². The number of hydrogen-bond acceptors (Lipinski definition) is 8. The van der Waals surface area contributed by atoms with Crippen LogP contribution in [0.4, 0.5) is 10.3 Å². The van der Waals surface area contributed by atoms with Gasteiger partial charge in [-0.2, -0.15) is 0 Å². The predicted molar refractivity (Wildman–Crippen MR) is 116 cm³/mol. The molecular formula is C19H33N7O2S. The zero-order valence-corrected chi connectivity index (χ0v) is 18.4. The molecule has 3 heterocycles. The first-order valence-corrected chi connectivity index (χ1v) is 11.4. The van der Waals surface area contributed by atoms with Gasteiger partial charge in [-0.3, -0.25) is 14.5 Å². The number of aromatic nitrogens is 2. The van der Waals surface area contributed by atoms with Crippen molar-refractivity contribution < 1.29 is 9.59 Å². The van der Waals surface area contributed by atoms with Gasteiger partial charge in [0.15, 0.2) is 0 Å². The van der Waals surface area contributed by atoms with Gasteiger partial charge < -0.3 is 20.0 Å². The van der Waals surface area contributed by atoms with Crippen molar-refractivity contribution in [2.45, 2.75) is 32.6 Å². The third kappa shape index (κ3) is 6.35. The van der Waals surface area contributed by atoms with Crippen LogP contribution in [-0.4, -0.2) is 97.8 Å². The van der Waals surface area contributed by atoms with Gasteiger partial charge in [-0.05, 0) is 32.4 Å². The van der Waals surface area contributed by atoms with Crippen LogP contribution in [0.1, 0.15) is 32.6 Å². The van der Waals surface area contributed by atoms with E-state index < -0.39 is 0 Å². The second-order valence-electron chi connectivity index (χ2n) is 7.76. The first-order valence-electron chi connectivity index (χ1n) is 10.6. The number of carbonyl (C=O) groups is 2. The van der Waals surface area contributed by atoms with E-state index in [1.165, 1.54) is 24.3 Å². The summed E-state index contributed by atoms with van der Waals surface area (Å²) >= 11 is 1.35. The molecule has 2 aliphatic rings. The summed E-state index contributed by atoms with van der Waals surface area (Å²) < 4.78 is 0. The Hall–Kier alpha value is -1.78. The largest absolute Gasteiger partial charge is 0.355 e. The Morgan fingerprint density at radius 3 is 2.52 bits per heavy atom. The van der Waals surface area contributed by atoms with Crippen LogP contribution in [0.25, 0.3) is 0 Å². The molecule has 2 aliphatic heterocycles. The van der Waals surface area contributed by atoms with Crippen molar-refractivity contribution in [1.82, 2.24) is 25.3 Å². The molecule has 0 atom stereocenters. The monoisotopic (exact) mass is 423 g/mol. The topological polar surface area (TPSA) is 84.9 Å². The fourth-order valence-electron chi connectivity index (χ4n) is 3.74. The number of rotatable bonds is 10. The smallest absolute Gasteiger partial charge is 0.239 e. The van der Waals surface area contributed by atoms with Gasteiger partial charge in [0.1, 0.15) is 0 Å². The van der Waals surface area contributed by atoms with Crippen LogP contribution in [0, 0.1) is 0 Å². The van der Waals surface area contributed by atoms with Crippen LogP contribution in [0.2, 0.25) is 0 Å². The molecule has 0 aliphatic carbocycles. The molecule has 1 aromatic heterocycles. The standard InChI is InChI=1S/C19H33N7O2S/c1-3-8-24-11-13-25(14-12-24)9-5-7-20-16(27)15-23(2)18-21-22-19(29-18)26-10-4-6-17(26)28/h3-15H2,1-2H3,(H,20,27). The van der Waals surface area contributed by atoms with E-state index in [2.05, 4.69) is 32.2 Å². The number of anilines is 2. The third-order valence-electron chi connectivity index (χ3n) is 5.39. The summed E-state index contributed by atoms with van der Waals surface area (Å²) in [5.41, 5.74) is 0. The lowest BCUT2D eigenvalue weighted by molar-refractivity contribution is -0.119. The zero-order valence-electron chi connectivity index (χ0n) is 17.6. The molecular weight excluding hydrogens is 390 g/mol. The lowest BCUT2D eigenvalue weighted by atomic mass is 10.2. The van der Waals surface area contributed by atoms with Gasteiger partial charge in [0, 0.05) is 52.7 Å². The summed E-state index contributed by atoms with van der Waals surface area (Å²) in [4.78, 5) is 32.5. The molecule has 162 valence electrons. The van der Waals surface area contributed by atoms with Gasteiger partial charge >= 0.3 is 0 Å². The molecule has 0 unspecified atom stereocenters. The summed E-state index contributed by atoms with van der Waals surface area (Å²) in [5, 5.41) is 12.5. The maximum Gasteiger partial charge on any atom is 0.239 e. The highest BCUT2D eigenvalue weighted by Crippen LogP contribution is 2.29. The Morgan fingerprint density at radius 1 is 1.14 bits per heavy atom. The van der Waals surface area contributed by atoms with Crippen molar-refractivity contribution in [3.05, 3.63) is 0 Å². The second kappa shape index (κ2) is 10.8. The Kier molecular flexibility index (Phi) is 8.19. The third-order valence-corrected chi connectivity index (χ3v) is 6.45. The SMILES string of the molecule is CCCN1CCN(CCCNC(=O)CN(C)c2nnc(N3CCCC3=O)s2)CC1. The summed E-state index contributed by atoms with van der Waals surface area (Å²) in [6.45, 7) is 10.6. The number of hydrogen-bond donors (Lipinski definition) is 1. The minimum atomic E-state index is -0.0192. The van der Waals surface area contributed by atoms with Crippen molar-refractivity contribution in [3.8, 4) is 0 Å². The summed E-state index contributed by atoms with van der Waals surface area (Å²) in [5.74, 6) is 0.0779. The number of piperazine rings is 1. The Labute approximate surface area is 177 Å². The molecule has 0 aromatic carbocycles. The van der Waals surface area contributed by atoms with Gasteiger partial charge in [-0.15, -0.1) is 10.2 Å². The summed E-state index contributed by atoms with van der Waals surface area (Å²) in [6, 6.07) is 0. The number of nitrogens with zero attached hydrogens (tertiary/aromatic N) is 6. The maximum absolute atomic E-state index is 12.2. The van der Waals surface area contributed by atoms with Crippen LogP contribution in [0.15, 0.2) is 0 Å². The number of carbonyl (C=O) groups excluding carboxylic acids is 2. The van der Waals surface area contributed by atoms with E-state index in [1.807, 2.05) is 7.05 Å². The highest BCUT2D eigenvalue weighted by Gasteiger charge is 2.25. The van der Waals surface area contributed by atoms with E-state index in [0.29, 0.717) is 29.8 Å². The van der Waals surface area contributed by atoms with Crippen LogP contribution < -0.4 is 15.1 Å². The molecule has 3 rings (SSSR count). The molecule has 0 radical (unpaired) electrons. The molecule has 1 N–H and O–H groups in total. The maximum atomic E-state index is 12.2. The number of amides is 2. The molecule has 10 heteroatoms. The van der Waals surface area contributed by atoms with Crippen LogP contribution in [0.5, 0.6) is 0 Å². The summed E-state index contributed by atoms with van der Waals surface area (Å²) in [6.07, 6.45) is 3.61. The normalized spacial score (nSPS) is 18.4. The van der Waals surface area contributed by atoms with Crippen molar-refractivity contribution in [2.75, 3.05) is 75.8 Å². The highest BCUT2D eigenvalue weighted by atomic mass is 32.1. The zero-order chi connectivity index (χ0) is 20.6. The van der Waals surface area contributed by atoms with E-state index >= 15 is 0 Å². The van der Waals surface area contributed by atoms with Gasteiger partial charge in [0.25, 0.3) is 0 Å². The van der Waals surface area contributed by atoms with Crippen molar-refractivity contribution in [1.29, 1.82) is 0 Å². The van der Waals surface area contributed by atoms with E-state index in [-0.39, 0.29) is 18.4 Å². The predicted octanol–water partition coefficient (Wildman–Crippen LogP) is 0.635. The Morgan fingerprint density at radius 2 is 1.86 bits per heavy atom. The molecule has 1 aromatic rings. The minimum Gasteiger partial charge on any atom is -0.355 e. The second-order valence-corrected chi connectivity index (χ2v) is 8.69. The minimum absolute atomic E-state index is 0.0192. The van der Waals surface area contributed by atoms with E-state index in [9.17, 15) is 9.59 Å². The fraction of sp³-hybridized carbons (Fsp3) is 0.789. The van der Waals surface area contributed by atoms with Gasteiger partial charge in [-0.1, -0.05) is 18.3 Å². The number of likely N-dealkylation sites (N-methyl/N-ethyl adjacent to an activating group) is 1. The van der Waals surface area contributed by atoms with Crippen molar-refractivity contribution >= 4 is 33.4 Å². The molecule has 2 amide bonds. The quantitative estimate of drug-likeness (QED) is 0.553. The van der Waals surface area contributed by atoms with Crippen molar-refractivity contribution in [3.63, 3.8) is 0 Å². The average molecular weight is 424 g/mol. The first-order chi connectivity index (χ1) is 14.1. The molecule has 0 spiro atoms. The molecule has 0 bridgehead atoms. The Bertz CT molecular complexity index is 675. The van der Waals surface area contributed by atoms with Crippen molar-refractivity contribution in [2.24, 2.45) is 0 Å². The number of nitrogens with one attached hydrogen (secondary N) is 1. The first kappa shape index (κ1) is 21.9. The molecule has 9 nitrogen and oxygen atoms in total. The highest BCUT2D eigenvalue weighted by molar-refractivity contribution is 7.19. The van der Waals surface area contributed by atoms with Crippen LogP contribution in [0.3, 0.4) is 0 Å². The average Bonchev–Trinajstić information content (AvgIpc) is 3.35. The molecule has 2 saturated heterocycles. The van der Waals surface area contributed by atoms with Crippen LogP contribution in [-0.2, 0) is 9.59 Å². The lowest BCUT2D eigenvalue weighted by Crippen LogP contribution is -2.47. The Balaban J connectivity index is 1.31. The van der Waals surface area contributed by atoms with Crippen LogP contribution >= 0.6 is 11.3 Å². The van der Waals surface area contributed by atoms with E-state index in [4.69, 9.17) is 0 Å². The summed E-state index contributed by atoms with van der Waals surface area (Å²) in [7, 11) is 1.82. The van der Waals surface area contributed by atoms with Gasteiger partial charge in [-0.25, -0.2) is 0 Å². The van der Waals surface area contributed by atoms with Gasteiger partial charge in [0.2, 0.25) is 22.1 Å². The molecule has 2 fully saturated rings. The van der Waals surface area contributed by atoms with E-state index in [1.54, 1.807) is 9.80 Å². The molecule has 0 saturated carbocycles. The molecule has 29 heavy (non-hydrogen) atoms. The van der Waals surface area contributed by atoms with Gasteiger partial charge in [0.05, 0.1) is 6.54 Å².